The maximum atomic E-state index is 11.3. The fourth-order valence-electron chi connectivity index (χ4n) is 9.21. The molecule has 5 fully saturated rings. The SMILES string of the molecule is C=CC(C)(CC/C=C(\C)CC/C=C(\C)CC/C=C(/C)CO[C@@H]1O[C@H](CO[C@@H]2O[C@H](C)[C@@H](O)[C@H](O)[C@@H]2O)[C@@H](O[C@@H]2O[C@H](C)[C@@H](O)[C@H](O)[C@@H]2O)[C@H](O)[C@H]1O)O[C@@H]1O[C@H](CO)[C@@H](O[C@@H]2O[C@H](C)[C@@H](O)[C@H](O)[C@@H]2O)[C@H](O)[C@H]1O. The molecule has 0 aromatic carbocycles. The summed E-state index contributed by atoms with van der Waals surface area (Å²) in [6, 6.07) is 0. The van der Waals surface area contributed by atoms with Crippen LogP contribution in [0.3, 0.4) is 0 Å². The summed E-state index contributed by atoms with van der Waals surface area (Å²) in [6.45, 7) is 14.7. The van der Waals surface area contributed by atoms with Crippen molar-refractivity contribution < 1.29 is 119 Å². The lowest BCUT2D eigenvalue weighted by molar-refractivity contribution is -0.363. The van der Waals surface area contributed by atoms with Gasteiger partial charge in [0.1, 0.15) is 104 Å². The first-order valence-corrected chi connectivity index (χ1v) is 25.4. The van der Waals surface area contributed by atoms with Crippen LogP contribution in [0.25, 0.3) is 0 Å². The summed E-state index contributed by atoms with van der Waals surface area (Å²) in [6.07, 6.45) is -24.7. The molecular formula is C50H84O24. The largest absolute Gasteiger partial charge is 0.394 e. The molecule has 428 valence electrons. The van der Waals surface area contributed by atoms with Gasteiger partial charge in [-0.25, -0.2) is 0 Å². The zero-order valence-electron chi connectivity index (χ0n) is 43.2. The Hall–Kier alpha value is -2.00. The molecule has 5 rings (SSSR count). The molecule has 0 saturated carbocycles. The van der Waals surface area contributed by atoms with Crippen LogP contribution in [0.5, 0.6) is 0 Å². The van der Waals surface area contributed by atoms with Crippen molar-refractivity contribution in [1.29, 1.82) is 0 Å². The fourth-order valence-corrected chi connectivity index (χ4v) is 9.21. The van der Waals surface area contributed by atoms with Gasteiger partial charge in [-0.2, -0.15) is 0 Å². The Kier molecular flexibility index (Phi) is 24.0. The maximum absolute atomic E-state index is 11.3. The second-order valence-corrected chi connectivity index (χ2v) is 20.5. The maximum Gasteiger partial charge on any atom is 0.187 e. The van der Waals surface area contributed by atoms with Crippen molar-refractivity contribution >= 4 is 0 Å². The summed E-state index contributed by atoms with van der Waals surface area (Å²) in [5.74, 6) is 0. The number of aliphatic hydroxyl groups is 14. The molecule has 0 aliphatic carbocycles. The van der Waals surface area contributed by atoms with Crippen LogP contribution < -0.4 is 0 Å². The third-order valence-electron chi connectivity index (χ3n) is 14.4. The molecule has 5 saturated heterocycles. The van der Waals surface area contributed by atoms with Crippen LogP contribution in [0, 0.1) is 0 Å². The highest BCUT2D eigenvalue weighted by Crippen LogP contribution is 2.34. The molecule has 0 bridgehead atoms. The predicted molar refractivity (Wildman–Crippen MR) is 256 cm³/mol. The monoisotopic (exact) mass is 1070 g/mol. The Morgan fingerprint density at radius 3 is 1.35 bits per heavy atom. The number of aliphatic hydroxyl groups excluding tert-OH is 14. The highest BCUT2D eigenvalue weighted by molar-refractivity contribution is 5.08. The van der Waals surface area contributed by atoms with Crippen molar-refractivity contribution in [2.75, 3.05) is 19.8 Å². The topological polar surface area (TPSA) is 376 Å². The molecule has 24 nitrogen and oxygen atoms in total. The first-order valence-electron chi connectivity index (χ1n) is 25.4. The van der Waals surface area contributed by atoms with Gasteiger partial charge in [0.05, 0.1) is 43.7 Å². The van der Waals surface area contributed by atoms with Crippen molar-refractivity contribution in [3.8, 4) is 0 Å². The van der Waals surface area contributed by atoms with Crippen LogP contribution in [-0.4, -0.2) is 250 Å². The van der Waals surface area contributed by atoms with Gasteiger partial charge in [-0.05, 0) is 87.0 Å². The van der Waals surface area contributed by atoms with E-state index in [4.69, 9.17) is 47.4 Å². The molecule has 14 N–H and O–H groups in total. The van der Waals surface area contributed by atoms with Crippen molar-refractivity contribution in [3.63, 3.8) is 0 Å². The van der Waals surface area contributed by atoms with E-state index >= 15 is 0 Å². The Labute approximate surface area is 431 Å². The van der Waals surface area contributed by atoms with Gasteiger partial charge in [0, 0.05) is 0 Å². The van der Waals surface area contributed by atoms with Crippen LogP contribution in [0.2, 0.25) is 0 Å². The van der Waals surface area contributed by atoms with E-state index < -0.39 is 172 Å². The molecule has 1 unspecified atom stereocenters. The van der Waals surface area contributed by atoms with Crippen LogP contribution in [-0.2, 0) is 47.4 Å². The lowest BCUT2D eigenvalue weighted by Gasteiger charge is -2.47. The zero-order chi connectivity index (χ0) is 54.9. The van der Waals surface area contributed by atoms with E-state index in [2.05, 4.69) is 18.7 Å². The second-order valence-electron chi connectivity index (χ2n) is 20.5. The number of allylic oxidation sites excluding steroid dienone is 5. The molecule has 5 aliphatic rings. The van der Waals surface area contributed by atoms with E-state index in [1.807, 2.05) is 26.8 Å². The lowest BCUT2D eigenvalue weighted by Crippen LogP contribution is -2.64. The van der Waals surface area contributed by atoms with Gasteiger partial charge >= 0.3 is 0 Å². The Balaban J connectivity index is 1.07. The quantitative estimate of drug-likeness (QED) is 0.0463. The fraction of sp³-hybridized carbons (Fsp3) is 0.840. The van der Waals surface area contributed by atoms with E-state index in [-0.39, 0.29) is 6.61 Å². The van der Waals surface area contributed by atoms with Crippen LogP contribution in [0.15, 0.2) is 47.6 Å². The second kappa shape index (κ2) is 28.2. The number of hydrogen-bond acceptors (Lipinski definition) is 24. The average Bonchev–Trinajstić information content (AvgIpc) is 3.36. The highest BCUT2D eigenvalue weighted by Gasteiger charge is 2.53. The van der Waals surface area contributed by atoms with Gasteiger partial charge in [-0.1, -0.05) is 41.0 Å². The standard InChI is InChI=1S/C50H84O24/c1-9-50(8,74-49-42(64)37(59)43(28(19-51)70-49)72-47-39(61)34(56)31(53)26(6)68-47)18-12-17-23(3)14-10-13-22(2)15-11-16-24(4)20-65-46-41(63)36(58)44(73-48-40(62)35(57)32(54)27(7)69-48)29(71-46)21-66-45-38(60)33(55)30(52)25(5)67-45/h9,13,16-17,25-49,51-64H,1,10-12,14-15,18-21H2,2-8H3/b22-13+,23-17+,24-16-/t25-,26-,27-,28-,29-,30-,31-,32-,33+,34+,35+,36-,37-,38+,39+,40+,41-,42-,43-,44-,45-,46-,47+,48+,49+,50?/m1/s1. The summed E-state index contributed by atoms with van der Waals surface area (Å²) in [4.78, 5) is 0. The van der Waals surface area contributed by atoms with E-state index in [1.165, 1.54) is 20.8 Å². The molecule has 0 aromatic heterocycles. The molecule has 5 heterocycles. The lowest BCUT2D eigenvalue weighted by atomic mass is 9.95. The minimum atomic E-state index is -1.75. The number of rotatable bonds is 23. The Morgan fingerprint density at radius 2 is 0.865 bits per heavy atom. The Bertz CT molecular complexity index is 1820. The molecule has 0 aromatic rings. The molecule has 0 amide bonds. The Morgan fingerprint density at radius 1 is 0.473 bits per heavy atom. The molecule has 0 spiro atoms. The van der Waals surface area contributed by atoms with Crippen molar-refractivity contribution in [2.24, 2.45) is 0 Å². The van der Waals surface area contributed by atoms with Crippen LogP contribution in [0.4, 0.5) is 0 Å². The van der Waals surface area contributed by atoms with Crippen LogP contribution >= 0.6 is 0 Å². The van der Waals surface area contributed by atoms with Gasteiger partial charge in [-0.15, -0.1) is 6.58 Å². The first kappa shape index (κ1) is 62.8. The predicted octanol–water partition coefficient (Wildman–Crippen LogP) is -2.70. The van der Waals surface area contributed by atoms with Gasteiger partial charge in [0.25, 0.3) is 0 Å². The zero-order valence-corrected chi connectivity index (χ0v) is 43.2. The van der Waals surface area contributed by atoms with E-state index in [9.17, 15) is 71.5 Å². The summed E-state index contributed by atoms with van der Waals surface area (Å²) in [5.41, 5.74) is 2.05. The van der Waals surface area contributed by atoms with Gasteiger partial charge in [0.2, 0.25) is 0 Å². The van der Waals surface area contributed by atoms with Crippen molar-refractivity contribution in [2.45, 2.75) is 246 Å². The van der Waals surface area contributed by atoms with Gasteiger partial charge in [0.15, 0.2) is 31.5 Å². The molecule has 26 atom stereocenters. The average molecular weight is 1070 g/mol. The van der Waals surface area contributed by atoms with Crippen molar-refractivity contribution in [1.82, 2.24) is 0 Å². The summed E-state index contributed by atoms with van der Waals surface area (Å²) < 4.78 is 57.7. The third kappa shape index (κ3) is 15.9. The van der Waals surface area contributed by atoms with E-state index in [0.29, 0.717) is 19.3 Å². The van der Waals surface area contributed by atoms with Crippen LogP contribution in [0.1, 0.15) is 87.0 Å². The summed E-state index contributed by atoms with van der Waals surface area (Å²) >= 11 is 0. The molecule has 74 heavy (non-hydrogen) atoms. The van der Waals surface area contributed by atoms with E-state index in [0.717, 1.165) is 36.0 Å². The molecule has 0 radical (unpaired) electrons. The minimum Gasteiger partial charge on any atom is -0.394 e. The number of ether oxygens (including phenoxy) is 10. The normalized spacial score (nSPS) is 44.8. The van der Waals surface area contributed by atoms with Gasteiger partial charge < -0.3 is 119 Å². The highest BCUT2D eigenvalue weighted by atomic mass is 16.8. The number of hydrogen-bond donors (Lipinski definition) is 14. The molecule has 24 heteroatoms. The third-order valence-corrected chi connectivity index (χ3v) is 14.4. The van der Waals surface area contributed by atoms with Crippen molar-refractivity contribution in [3.05, 3.63) is 47.6 Å². The first-order chi connectivity index (χ1) is 34.8. The smallest absolute Gasteiger partial charge is 0.187 e. The summed E-state index contributed by atoms with van der Waals surface area (Å²) in [7, 11) is 0. The molecule has 5 aliphatic heterocycles. The van der Waals surface area contributed by atoms with Gasteiger partial charge in [-0.3, -0.25) is 0 Å². The molecular weight excluding hydrogens is 985 g/mol. The van der Waals surface area contributed by atoms with E-state index in [1.54, 1.807) is 13.0 Å². The minimum absolute atomic E-state index is 0.00986. The summed E-state index contributed by atoms with van der Waals surface area (Å²) in [5, 5.41) is 147.